The molecule has 1 aliphatic carbocycles. The molecule has 124 valence electrons. The Bertz CT molecular complexity index is 897. The third-order valence-corrected chi connectivity index (χ3v) is 4.56. The number of hydrogen-bond donors (Lipinski definition) is 0. The van der Waals surface area contributed by atoms with Gasteiger partial charge in [-0.2, -0.15) is 0 Å². The molecule has 0 fully saturated rings. The summed E-state index contributed by atoms with van der Waals surface area (Å²) in [4.78, 5) is 24.8. The molecule has 24 heavy (non-hydrogen) atoms. The highest BCUT2D eigenvalue weighted by Crippen LogP contribution is 2.45. The fraction of sp³-hybridized carbons (Fsp3) is 0.300. The minimum absolute atomic E-state index is 0.0208. The number of aryl methyl sites for hydroxylation is 3. The van der Waals surface area contributed by atoms with Gasteiger partial charge in [0.15, 0.2) is 22.7 Å². The Morgan fingerprint density at radius 3 is 2.21 bits per heavy atom. The van der Waals surface area contributed by atoms with Crippen molar-refractivity contribution >= 4 is 5.78 Å². The number of Topliss-reactive ketones (excluding diaryl/α,β-unsaturated/α-hetero) is 1. The Kier molecular flexibility index (Phi) is 4.14. The van der Waals surface area contributed by atoms with Crippen molar-refractivity contribution in [3.63, 3.8) is 0 Å². The smallest absolute Gasteiger partial charge is 0.182 e. The number of benzene rings is 1. The molecule has 0 spiro atoms. The summed E-state index contributed by atoms with van der Waals surface area (Å²) in [6.45, 7) is 3.71. The summed E-state index contributed by atoms with van der Waals surface area (Å²) in [5.74, 6) is 1.24. The van der Waals surface area contributed by atoms with Crippen LogP contribution in [0.3, 0.4) is 0 Å². The van der Waals surface area contributed by atoms with Crippen molar-refractivity contribution in [3.05, 3.63) is 56.7 Å². The van der Waals surface area contributed by atoms with Crippen LogP contribution in [0.5, 0.6) is 11.5 Å². The standard InChI is InChI=1S/C20H20O4/c1-11-5-7-14-15(10-17(11)22)16(21)8-6-13-9-12(2)19(23-3)20(24-4)18(13)14/h5,7,9-10H,6,8H2,1-4H3. The molecule has 4 heteroatoms. The lowest BCUT2D eigenvalue weighted by atomic mass is 9.94. The van der Waals surface area contributed by atoms with E-state index >= 15 is 0 Å². The zero-order valence-electron chi connectivity index (χ0n) is 14.4. The average molecular weight is 324 g/mol. The van der Waals surface area contributed by atoms with Gasteiger partial charge in [-0.05, 0) is 48.6 Å². The Morgan fingerprint density at radius 1 is 0.833 bits per heavy atom. The van der Waals surface area contributed by atoms with Gasteiger partial charge in [-0.3, -0.25) is 9.59 Å². The first-order valence-electron chi connectivity index (χ1n) is 7.91. The van der Waals surface area contributed by atoms with Crippen molar-refractivity contribution in [2.24, 2.45) is 0 Å². The zero-order valence-corrected chi connectivity index (χ0v) is 14.4. The minimum atomic E-state index is -0.133. The van der Waals surface area contributed by atoms with E-state index in [0.29, 0.717) is 35.5 Å². The molecule has 0 unspecified atom stereocenters. The summed E-state index contributed by atoms with van der Waals surface area (Å²) in [6.07, 6.45) is 0.984. The summed E-state index contributed by atoms with van der Waals surface area (Å²) in [5, 5.41) is 0. The van der Waals surface area contributed by atoms with E-state index in [2.05, 4.69) is 0 Å². The van der Waals surface area contributed by atoms with Crippen LogP contribution in [0.25, 0.3) is 11.1 Å². The van der Waals surface area contributed by atoms with Gasteiger partial charge in [-0.25, -0.2) is 0 Å². The average Bonchev–Trinajstić information content (AvgIpc) is 2.78. The fourth-order valence-electron chi connectivity index (χ4n) is 3.31. The molecule has 0 N–H and O–H groups in total. The molecule has 2 aromatic rings. The normalized spacial score (nSPS) is 12.9. The predicted molar refractivity (Wildman–Crippen MR) is 93.4 cm³/mol. The SMILES string of the molecule is COc1c(C)cc2c(c1OC)-c1ccc(C)c(=O)cc1C(=O)CC2. The second-order valence-corrected chi connectivity index (χ2v) is 6.07. The van der Waals surface area contributed by atoms with Crippen LogP contribution in [0.2, 0.25) is 0 Å². The highest BCUT2D eigenvalue weighted by molar-refractivity contribution is 6.05. The maximum atomic E-state index is 12.6. The van der Waals surface area contributed by atoms with Gasteiger partial charge < -0.3 is 9.47 Å². The molecule has 4 nitrogen and oxygen atoms in total. The Balaban J connectivity index is 2.48. The molecule has 0 bridgehead atoms. The van der Waals surface area contributed by atoms with Crippen LogP contribution in [-0.2, 0) is 6.42 Å². The molecule has 2 aromatic carbocycles. The van der Waals surface area contributed by atoms with Gasteiger partial charge in [0, 0.05) is 17.5 Å². The fourth-order valence-corrected chi connectivity index (χ4v) is 3.31. The number of rotatable bonds is 2. The molecule has 0 heterocycles. The van der Waals surface area contributed by atoms with Crippen LogP contribution in [-0.4, -0.2) is 20.0 Å². The molecule has 0 amide bonds. The molecular formula is C20H20O4. The van der Waals surface area contributed by atoms with Gasteiger partial charge in [-0.1, -0.05) is 18.2 Å². The Labute approximate surface area is 141 Å². The lowest BCUT2D eigenvalue weighted by molar-refractivity contribution is 0.0984. The van der Waals surface area contributed by atoms with Crippen LogP contribution in [0.15, 0.2) is 29.1 Å². The van der Waals surface area contributed by atoms with Crippen molar-refractivity contribution in [2.75, 3.05) is 14.2 Å². The van der Waals surface area contributed by atoms with Gasteiger partial charge in [0.1, 0.15) is 0 Å². The van der Waals surface area contributed by atoms with E-state index in [0.717, 1.165) is 22.3 Å². The third kappa shape index (κ3) is 2.48. The van der Waals surface area contributed by atoms with E-state index in [9.17, 15) is 9.59 Å². The van der Waals surface area contributed by atoms with E-state index in [4.69, 9.17) is 9.47 Å². The van der Waals surface area contributed by atoms with Crippen molar-refractivity contribution in [3.8, 4) is 22.6 Å². The Hall–Kier alpha value is -2.62. The summed E-state index contributed by atoms with van der Waals surface area (Å²) in [7, 11) is 3.20. The van der Waals surface area contributed by atoms with Crippen LogP contribution in [0.4, 0.5) is 0 Å². The minimum Gasteiger partial charge on any atom is -0.493 e. The lowest BCUT2D eigenvalue weighted by Gasteiger charge is -2.18. The van der Waals surface area contributed by atoms with Crippen LogP contribution in [0, 0.1) is 13.8 Å². The molecule has 0 saturated heterocycles. The summed E-state index contributed by atoms with van der Waals surface area (Å²) in [6, 6.07) is 7.09. The monoisotopic (exact) mass is 324 g/mol. The van der Waals surface area contributed by atoms with E-state index < -0.39 is 0 Å². The van der Waals surface area contributed by atoms with Crippen molar-refractivity contribution in [1.82, 2.24) is 0 Å². The molecule has 0 aromatic heterocycles. The van der Waals surface area contributed by atoms with Crippen LogP contribution in [0.1, 0.15) is 33.5 Å². The lowest BCUT2D eigenvalue weighted by Crippen LogP contribution is -2.04. The molecule has 1 aliphatic rings. The Morgan fingerprint density at radius 2 is 1.54 bits per heavy atom. The maximum absolute atomic E-state index is 12.6. The zero-order chi connectivity index (χ0) is 17.4. The summed E-state index contributed by atoms with van der Waals surface area (Å²) in [5.41, 5.74) is 4.50. The molecule has 0 aliphatic heterocycles. The van der Waals surface area contributed by atoms with Crippen molar-refractivity contribution in [2.45, 2.75) is 26.7 Å². The second kappa shape index (κ2) is 6.11. The van der Waals surface area contributed by atoms with Gasteiger partial charge in [0.05, 0.1) is 14.2 Å². The van der Waals surface area contributed by atoms with E-state index in [1.54, 1.807) is 27.2 Å². The quantitative estimate of drug-likeness (QED) is 0.849. The highest BCUT2D eigenvalue weighted by Gasteiger charge is 2.26. The van der Waals surface area contributed by atoms with Gasteiger partial charge in [0.2, 0.25) is 0 Å². The van der Waals surface area contributed by atoms with Crippen molar-refractivity contribution < 1.29 is 14.3 Å². The number of hydrogen-bond acceptors (Lipinski definition) is 4. The number of carbonyl (C=O) groups excluding carboxylic acids is 1. The first-order valence-corrected chi connectivity index (χ1v) is 7.91. The topological polar surface area (TPSA) is 52.6 Å². The third-order valence-electron chi connectivity index (χ3n) is 4.56. The number of ketones is 1. The molecule has 0 atom stereocenters. The highest BCUT2D eigenvalue weighted by atomic mass is 16.5. The van der Waals surface area contributed by atoms with E-state index in [1.807, 2.05) is 19.1 Å². The van der Waals surface area contributed by atoms with Gasteiger partial charge in [-0.15, -0.1) is 0 Å². The van der Waals surface area contributed by atoms with E-state index in [-0.39, 0.29) is 11.2 Å². The predicted octanol–water partition coefficient (Wildman–Crippen LogP) is 3.48. The number of carbonyl (C=O) groups is 1. The van der Waals surface area contributed by atoms with Gasteiger partial charge in [0.25, 0.3) is 0 Å². The molecule has 0 saturated carbocycles. The number of methoxy groups -OCH3 is 2. The van der Waals surface area contributed by atoms with Crippen molar-refractivity contribution in [1.29, 1.82) is 0 Å². The molecule has 0 radical (unpaired) electrons. The largest absolute Gasteiger partial charge is 0.493 e. The second-order valence-electron chi connectivity index (χ2n) is 6.07. The molecular weight excluding hydrogens is 304 g/mol. The molecule has 3 rings (SSSR count). The van der Waals surface area contributed by atoms with Gasteiger partial charge >= 0.3 is 0 Å². The number of ether oxygens (including phenoxy) is 2. The first-order chi connectivity index (χ1) is 11.5. The van der Waals surface area contributed by atoms with E-state index in [1.165, 1.54) is 6.07 Å². The first kappa shape index (κ1) is 16.2. The number of fused-ring (bicyclic) bond motifs is 3. The van der Waals surface area contributed by atoms with Crippen LogP contribution < -0.4 is 14.9 Å². The van der Waals surface area contributed by atoms with Crippen LogP contribution >= 0.6 is 0 Å². The summed E-state index contributed by atoms with van der Waals surface area (Å²) >= 11 is 0. The maximum Gasteiger partial charge on any atom is 0.182 e. The summed E-state index contributed by atoms with van der Waals surface area (Å²) < 4.78 is 11.2.